The molecule has 0 saturated heterocycles. The van der Waals surface area contributed by atoms with Gasteiger partial charge in [-0.15, -0.1) is 0 Å². The van der Waals surface area contributed by atoms with Crippen molar-refractivity contribution in [1.29, 1.82) is 0 Å². The van der Waals surface area contributed by atoms with E-state index in [0.717, 1.165) is 23.8 Å². The minimum absolute atomic E-state index is 0.574. The number of benzene rings is 1. The zero-order valence-electron chi connectivity index (χ0n) is 12.4. The number of rotatable bonds is 7. The molecular weight excluding hydrogens is 252 g/mol. The summed E-state index contributed by atoms with van der Waals surface area (Å²) in [5.74, 6) is 1.93. The van der Waals surface area contributed by atoms with Gasteiger partial charge in [0.1, 0.15) is 18.2 Å². The highest BCUT2D eigenvalue weighted by atomic mass is 16.5. The van der Waals surface area contributed by atoms with Crippen LogP contribution in [0.3, 0.4) is 0 Å². The van der Waals surface area contributed by atoms with Gasteiger partial charge in [0.05, 0.1) is 18.9 Å². The van der Waals surface area contributed by atoms with Gasteiger partial charge in [0.2, 0.25) is 0 Å². The Hall–Kier alpha value is -1.81. The van der Waals surface area contributed by atoms with E-state index in [9.17, 15) is 0 Å². The molecule has 0 atom stereocenters. The van der Waals surface area contributed by atoms with E-state index in [1.807, 2.05) is 44.2 Å². The molecule has 20 heavy (non-hydrogen) atoms. The number of aromatic nitrogens is 2. The first kappa shape index (κ1) is 14.6. The molecule has 2 aromatic rings. The molecule has 108 valence electrons. The third-order valence-corrected chi connectivity index (χ3v) is 3.35. The van der Waals surface area contributed by atoms with Crippen LogP contribution in [0, 0.1) is 20.8 Å². The molecule has 0 N–H and O–H groups in total. The van der Waals surface area contributed by atoms with Crippen molar-refractivity contribution in [3.8, 4) is 5.75 Å². The monoisotopic (exact) mass is 274 g/mol. The van der Waals surface area contributed by atoms with E-state index in [1.165, 1.54) is 5.69 Å². The zero-order valence-corrected chi connectivity index (χ0v) is 12.4. The summed E-state index contributed by atoms with van der Waals surface area (Å²) in [6, 6.07) is 9.79. The maximum Gasteiger partial charge on any atom is 0.119 e. The van der Waals surface area contributed by atoms with Crippen LogP contribution >= 0.6 is 0 Å². The SMILES string of the molecule is Cc1nc(C)n(CCOCCOc2ccccc2)c1C. The van der Waals surface area contributed by atoms with E-state index in [1.54, 1.807) is 0 Å². The Labute approximate surface area is 120 Å². The molecule has 1 aromatic carbocycles. The first-order valence-electron chi connectivity index (χ1n) is 6.94. The quantitative estimate of drug-likeness (QED) is 0.728. The van der Waals surface area contributed by atoms with Gasteiger partial charge >= 0.3 is 0 Å². The molecule has 1 aromatic heterocycles. The van der Waals surface area contributed by atoms with E-state index < -0.39 is 0 Å². The first-order valence-corrected chi connectivity index (χ1v) is 6.94. The fourth-order valence-electron chi connectivity index (χ4n) is 2.14. The standard InChI is InChI=1S/C16H22N2O2/c1-13-14(2)18(15(3)17-13)9-10-19-11-12-20-16-7-5-4-6-8-16/h4-8H,9-12H2,1-3H3. The highest BCUT2D eigenvalue weighted by Gasteiger charge is 2.06. The minimum atomic E-state index is 0.574. The van der Waals surface area contributed by atoms with Crippen molar-refractivity contribution in [1.82, 2.24) is 9.55 Å². The largest absolute Gasteiger partial charge is 0.491 e. The molecule has 0 aliphatic carbocycles. The maximum atomic E-state index is 5.60. The van der Waals surface area contributed by atoms with Crippen molar-refractivity contribution >= 4 is 0 Å². The molecule has 0 fully saturated rings. The predicted molar refractivity (Wildman–Crippen MR) is 79.2 cm³/mol. The third kappa shape index (κ3) is 3.84. The van der Waals surface area contributed by atoms with E-state index in [0.29, 0.717) is 19.8 Å². The molecule has 0 saturated carbocycles. The van der Waals surface area contributed by atoms with Crippen molar-refractivity contribution in [2.24, 2.45) is 0 Å². The van der Waals surface area contributed by atoms with Gasteiger partial charge in [-0.05, 0) is 32.9 Å². The number of nitrogens with zero attached hydrogens (tertiary/aromatic N) is 2. The lowest BCUT2D eigenvalue weighted by molar-refractivity contribution is 0.0938. The van der Waals surface area contributed by atoms with Gasteiger partial charge < -0.3 is 14.0 Å². The highest BCUT2D eigenvalue weighted by Crippen LogP contribution is 2.09. The normalized spacial score (nSPS) is 10.8. The van der Waals surface area contributed by atoms with Crippen LogP contribution in [0.1, 0.15) is 17.2 Å². The van der Waals surface area contributed by atoms with E-state index in [-0.39, 0.29) is 0 Å². The summed E-state index contributed by atoms with van der Waals surface area (Å²) in [5, 5.41) is 0. The van der Waals surface area contributed by atoms with Crippen molar-refractivity contribution in [3.63, 3.8) is 0 Å². The number of para-hydroxylation sites is 1. The van der Waals surface area contributed by atoms with Gasteiger partial charge in [0.25, 0.3) is 0 Å². The fraction of sp³-hybridized carbons (Fsp3) is 0.438. The second-order valence-corrected chi connectivity index (χ2v) is 4.76. The Bertz CT molecular complexity index is 535. The van der Waals surface area contributed by atoms with Crippen LogP contribution in [0.2, 0.25) is 0 Å². The highest BCUT2D eigenvalue weighted by molar-refractivity contribution is 5.20. The zero-order chi connectivity index (χ0) is 14.4. The molecule has 4 heteroatoms. The summed E-state index contributed by atoms with van der Waals surface area (Å²) in [6.07, 6.45) is 0. The van der Waals surface area contributed by atoms with Gasteiger partial charge in [-0.3, -0.25) is 0 Å². The van der Waals surface area contributed by atoms with E-state index in [2.05, 4.69) is 16.5 Å². The molecule has 4 nitrogen and oxygen atoms in total. The molecular formula is C16H22N2O2. The van der Waals surface area contributed by atoms with Crippen LogP contribution in [-0.2, 0) is 11.3 Å². The lowest BCUT2D eigenvalue weighted by Crippen LogP contribution is -2.13. The molecule has 0 aliphatic heterocycles. The van der Waals surface area contributed by atoms with Crippen LogP contribution < -0.4 is 4.74 Å². The number of ether oxygens (including phenoxy) is 2. The lowest BCUT2D eigenvalue weighted by Gasteiger charge is -2.09. The molecule has 0 amide bonds. The summed E-state index contributed by atoms with van der Waals surface area (Å²) < 4.78 is 13.4. The van der Waals surface area contributed by atoms with Gasteiger partial charge in [0.15, 0.2) is 0 Å². The summed E-state index contributed by atoms with van der Waals surface area (Å²) in [7, 11) is 0. The summed E-state index contributed by atoms with van der Waals surface area (Å²) in [6.45, 7) is 8.84. The predicted octanol–water partition coefficient (Wildman–Crippen LogP) is 2.90. The summed E-state index contributed by atoms with van der Waals surface area (Å²) in [4.78, 5) is 4.45. The number of aryl methyl sites for hydroxylation is 2. The van der Waals surface area contributed by atoms with Gasteiger partial charge in [0, 0.05) is 12.2 Å². The van der Waals surface area contributed by atoms with Gasteiger partial charge in [-0.25, -0.2) is 4.98 Å². The van der Waals surface area contributed by atoms with Crippen LogP contribution in [0.4, 0.5) is 0 Å². The lowest BCUT2D eigenvalue weighted by atomic mass is 10.3. The summed E-state index contributed by atoms with van der Waals surface area (Å²) >= 11 is 0. The topological polar surface area (TPSA) is 36.3 Å². The summed E-state index contributed by atoms with van der Waals surface area (Å²) in [5.41, 5.74) is 2.31. The molecule has 0 radical (unpaired) electrons. The molecule has 0 unspecified atom stereocenters. The van der Waals surface area contributed by atoms with Crippen molar-refractivity contribution in [2.45, 2.75) is 27.3 Å². The molecule has 0 aliphatic rings. The minimum Gasteiger partial charge on any atom is -0.491 e. The van der Waals surface area contributed by atoms with Gasteiger partial charge in [-0.1, -0.05) is 18.2 Å². The Balaban J connectivity index is 1.64. The van der Waals surface area contributed by atoms with Crippen molar-refractivity contribution in [2.75, 3.05) is 19.8 Å². The Morgan fingerprint density at radius 1 is 1.00 bits per heavy atom. The molecule has 0 bridgehead atoms. The number of imidazole rings is 1. The number of hydrogen-bond acceptors (Lipinski definition) is 3. The Kier molecular flexibility index (Phi) is 5.18. The second-order valence-electron chi connectivity index (χ2n) is 4.76. The fourth-order valence-corrected chi connectivity index (χ4v) is 2.14. The van der Waals surface area contributed by atoms with Crippen LogP contribution in [0.15, 0.2) is 30.3 Å². The van der Waals surface area contributed by atoms with Crippen LogP contribution in [-0.4, -0.2) is 29.4 Å². The van der Waals surface area contributed by atoms with Crippen molar-refractivity contribution in [3.05, 3.63) is 47.5 Å². The average molecular weight is 274 g/mol. The smallest absolute Gasteiger partial charge is 0.119 e. The van der Waals surface area contributed by atoms with E-state index in [4.69, 9.17) is 9.47 Å². The van der Waals surface area contributed by atoms with Crippen LogP contribution in [0.5, 0.6) is 5.75 Å². The van der Waals surface area contributed by atoms with E-state index >= 15 is 0 Å². The third-order valence-electron chi connectivity index (χ3n) is 3.35. The molecule has 1 heterocycles. The average Bonchev–Trinajstić information content (AvgIpc) is 2.69. The number of hydrogen-bond donors (Lipinski definition) is 0. The van der Waals surface area contributed by atoms with Crippen LogP contribution in [0.25, 0.3) is 0 Å². The molecule has 2 rings (SSSR count). The van der Waals surface area contributed by atoms with Gasteiger partial charge in [-0.2, -0.15) is 0 Å². The first-order chi connectivity index (χ1) is 9.68. The Morgan fingerprint density at radius 2 is 1.75 bits per heavy atom. The van der Waals surface area contributed by atoms with Crippen molar-refractivity contribution < 1.29 is 9.47 Å². The second kappa shape index (κ2) is 7.10. The Morgan fingerprint density at radius 3 is 2.40 bits per heavy atom. The maximum absolute atomic E-state index is 5.60. The molecule has 0 spiro atoms.